The van der Waals surface area contributed by atoms with E-state index in [1.807, 2.05) is 13.0 Å². The summed E-state index contributed by atoms with van der Waals surface area (Å²) in [5.74, 6) is 0.665. The second kappa shape index (κ2) is 7.72. The van der Waals surface area contributed by atoms with Gasteiger partial charge in [0, 0.05) is 11.4 Å². The number of hydrogen-bond acceptors (Lipinski definition) is 5. The number of nitrogens with one attached hydrogen (secondary N) is 1. The van der Waals surface area contributed by atoms with E-state index in [9.17, 15) is 13.2 Å². The Hall–Kier alpha value is -1.70. The molecule has 0 radical (unpaired) electrons. The van der Waals surface area contributed by atoms with Crippen LogP contribution in [0, 0.1) is 0 Å². The van der Waals surface area contributed by atoms with Gasteiger partial charge in [0.25, 0.3) is 0 Å². The molecular weight excluding hydrogens is 334 g/mol. The monoisotopic (exact) mass is 353 g/mol. The zero-order valence-corrected chi connectivity index (χ0v) is 14.7. The van der Waals surface area contributed by atoms with Crippen molar-refractivity contribution in [2.24, 2.45) is 0 Å². The molecule has 0 bridgehead atoms. The van der Waals surface area contributed by atoms with Gasteiger partial charge in [-0.2, -0.15) is 0 Å². The molecule has 2 aromatic rings. The summed E-state index contributed by atoms with van der Waals surface area (Å²) < 4.78 is 32.3. The van der Waals surface area contributed by atoms with Crippen LogP contribution in [0.4, 0.5) is 0 Å². The molecule has 1 N–H and O–H groups in total. The van der Waals surface area contributed by atoms with Crippen molar-refractivity contribution in [1.29, 1.82) is 0 Å². The van der Waals surface area contributed by atoms with E-state index in [4.69, 9.17) is 4.74 Å². The highest BCUT2D eigenvalue weighted by Crippen LogP contribution is 2.18. The van der Waals surface area contributed by atoms with Crippen molar-refractivity contribution >= 4 is 27.1 Å². The highest BCUT2D eigenvalue weighted by Gasteiger charge is 2.13. The molecule has 23 heavy (non-hydrogen) atoms. The maximum Gasteiger partial charge on any atom is 0.240 e. The Morgan fingerprint density at radius 2 is 1.87 bits per heavy atom. The van der Waals surface area contributed by atoms with Gasteiger partial charge >= 0.3 is 0 Å². The Bertz CT molecular complexity index is 764. The molecule has 0 unspecified atom stereocenters. The Balaban J connectivity index is 1.94. The molecule has 0 saturated heterocycles. The Kier molecular flexibility index (Phi) is 5.92. The molecule has 0 saturated carbocycles. The lowest BCUT2D eigenvalue weighted by molar-refractivity contribution is 0.102. The Morgan fingerprint density at radius 3 is 2.43 bits per heavy atom. The number of hydrogen-bond donors (Lipinski definition) is 1. The first-order chi connectivity index (χ1) is 10.9. The minimum atomic E-state index is -3.54. The van der Waals surface area contributed by atoms with E-state index in [-0.39, 0.29) is 17.2 Å². The summed E-state index contributed by atoms with van der Waals surface area (Å²) in [6.07, 6.45) is 0.550. The van der Waals surface area contributed by atoms with Crippen LogP contribution in [-0.2, 0) is 16.4 Å². The lowest BCUT2D eigenvalue weighted by Gasteiger charge is -2.07. The van der Waals surface area contributed by atoms with Gasteiger partial charge in [-0.1, -0.05) is 0 Å². The quantitative estimate of drug-likeness (QED) is 0.741. The molecule has 1 aromatic heterocycles. The van der Waals surface area contributed by atoms with E-state index in [1.54, 1.807) is 18.2 Å². The van der Waals surface area contributed by atoms with E-state index in [2.05, 4.69) is 4.72 Å². The van der Waals surface area contributed by atoms with E-state index >= 15 is 0 Å². The number of thiophene rings is 1. The van der Waals surface area contributed by atoms with Crippen LogP contribution in [0.2, 0.25) is 0 Å². The molecule has 2 rings (SSSR count). The summed E-state index contributed by atoms with van der Waals surface area (Å²) in [5, 5.41) is 0. The number of rotatable bonds is 8. The molecular formula is C16H19NO4S2. The molecule has 1 aromatic carbocycles. The van der Waals surface area contributed by atoms with Gasteiger partial charge in [0.2, 0.25) is 10.0 Å². The van der Waals surface area contributed by atoms with Gasteiger partial charge in [-0.3, -0.25) is 4.79 Å². The molecule has 0 fully saturated rings. The van der Waals surface area contributed by atoms with Crippen molar-refractivity contribution in [3.05, 3.63) is 46.2 Å². The lowest BCUT2D eigenvalue weighted by Crippen LogP contribution is -2.25. The van der Waals surface area contributed by atoms with Crippen molar-refractivity contribution in [2.45, 2.75) is 25.2 Å². The Morgan fingerprint density at radius 1 is 1.17 bits per heavy atom. The predicted molar refractivity (Wildman–Crippen MR) is 90.8 cm³/mol. The number of Topliss-reactive ketones (excluding diaryl/α,β-unsaturated/α-hetero) is 1. The standard InChI is InChI=1S/C16H19NO4S2/c1-3-21-13-4-7-15(8-5-13)23(19,20)17-11-10-14-6-9-16(22-14)12(2)18/h4-9,17H,3,10-11H2,1-2H3. The smallest absolute Gasteiger partial charge is 0.240 e. The molecule has 0 amide bonds. The number of ether oxygens (including phenoxy) is 1. The molecule has 5 nitrogen and oxygen atoms in total. The first-order valence-corrected chi connectivity index (χ1v) is 9.54. The number of ketones is 1. The van der Waals surface area contributed by atoms with E-state index < -0.39 is 10.0 Å². The van der Waals surface area contributed by atoms with Gasteiger partial charge in [0.15, 0.2) is 5.78 Å². The molecule has 124 valence electrons. The number of benzene rings is 1. The normalized spacial score (nSPS) is 11.4. The van der Waals surface area contributed by atoms with Crippen LogP contribution in [0.1, 0.15) is 28.4 Å². The zero-order valence-electron chi connectivity index (χ0n) is 13.0. The van der Waals surface area contributed by atoms with E-state index in [1.165, 1.54) is 30.4 Å². The zero-order chi connectivity index (χ0) is 16.9. The average Bonchev–Trinajstić information content (AvgIpc) is 2.97. The minimum absolute atomic E-state index is 0.0243. The maximum absolute atomic E-state index is 12.2. The molecule has 0 aliphatic carbocycles. The SMILES string of the molecule is CCOc1ccc(S(=O)(=O)NCCc2ccc(C(C)=O)s2)cc1. The summed E-state index contributed by atoms with van der Waals surface area (Å²) in [6, 6.07) is 9.93. The van der Waals surface area contributed by atoms with Crippen LogP contribution in [-0.4, -0.2) is 27.4 Å². The largest absolute Gasteiger partial charge is 0.494 e. The van der Waals surface area contributed by atoms with Crippen molar-refractivity contribution < 1.29 is 17.9 Å². The molecule has 0 spiro atoms. The molecule has 0 aliphatic rings. The van der Waals surface area contributed by atoms with Gasteiger partial charge in [-0.05, 0) is 56.7 Å². The minimum Gasteiger partial charge on any atom is -0.494 e. The first kappa shape index (κ1) is 17.7. The van der Waals surface area contributed by atoms with Gasteiger partial charge < -0.3 is 4.74 Å². The highest BCUT2D eigenvalue weighted by molar-refractivity contribution is 7.89. The van der Waals surface area contributed by atoms with Crippen molar-refractivity contribution in [2.75, 3.05) is 13.2 Å². The third kappa shape index (κ3) is 4.89. The van der Waals surface area contributed by atoms with Crippen molar-refractivity contribution in [3.63, 3.8) is 0 Å². The van der Waals surface area contributed by atoms with E-state index in [0.717, 1.165) is 4.88 Å². The van der Waals surface area contributed by atoms with E-state index in [0.29, 0.717) is 23.7 Å². The molecule has 1 heterocycles. The van der Waals surface area contributed by atoms with Crippen LogP contribution in [0.25, 0.3) is 0 Å². The maximum atomic E-state index is 12.2. The van der Waals surface area contributed by atoms with Gasteiger partial charge in [0.05, 0.1) is 16.4 Å². The fourth-order valence-corrected chi connectivity index (χ4v) is 3.91. The first-order valence-electron chi connectivity index (χ1n) is 7.24. The fraction of sp³-hybridized carbons (Fsp3) is 0.312. The van der Waals surface area contributed by atoms with Crippen LogP contribution in [0.15, 0.2) is 41.3 Å². The summed E-state index contributed by atoms with van der Waals surface area (Å²) in [6.45, 7) is 4.21. The van der Waals surface area contributed by atoms with Gasteiger partial charge in [0.1, 0.15) is 5.75 Å². The van der Waals surface area contributed by atoms with Gasteiger partial charge in [-0.25, -0.2) is 13.1 Å². The molecule has 0 atom stereocenters. The van der Waals surface area contributed by atoms with Crippen LogP contribution >= 0.6 is 11.3 Å². The van der Waals surface area contributed by atoms with Crippen LogP contribution in [0.5, 0.6) is 5.75 Å². The third-order valence-corrected chi connectivity index (χ3v) is 5.84. The molecule has 7 heteroatoms. The summed E-state index contributed by atoms with van der Waals surface area (Å²) in [4.78, 5) is 13.1. The highest BCUT2D eigenvalue weighted by atomic mass is 32.2. The summed E-state index contributed by atoms with van der Waals surface area (Å²) >= 11 is 1.39. The van der Waals surface area contributed by atoms with Gasteiger partial charge in [-0.15, -0.1) is 11.3 Å². The predicted octanol–water partition coefficient (Wildman–Crippen LogP) is 2.87. The lowest BCUT2D eigenvalue weighted by atomic mass is 10.3. The second-order valence-electron chi connectivity index (χ2n) is 4.87. The fourth-order valence-electron chi connectivity index (χ4n) is 1.98. The summed E-state index contributed by atoms with van der Waals surface area (Å²) in [7, 11) is -3.54. The third-order valence-electron chi connectivity index (χ3n) is 3.12. The Labute approximate surface area is 140 Å². The second-order valence-corrected chi connectivity index (χ2v) is 7.81. The topological polar surface area (TPSA) is 72.5 Å². The molecule has 0 aliphatic heterocycles. The van der Waals surface area contributed by atoms with Crippen LogP contribution in [0.3, 0.4) is 0 Å². The summed E-state index contributed by atoms with van der Waals surface area (Å²) in [5.41, 5.74) is 0. The number of sulfonamides is 1. The number of carbonyl (C=O) groups is 1. The van der Waals surface area contributed by atoms with Crippen molar-refractivity contribution in [1.82, 2.24) is 4.72 Å². The number of carbonyl (C=O) groups excluding carboxylic acids is 1. The average molecular weight is 353 g/mol. The van der Waals surface area contributed by atoms with Crippen molar-refractivity contribution in [3.8, 4) is 5.75 Å². The van der Waals surface area contributed by atoms with Crippen LogP contribution < -0.4 is 9.46 Å².